The number of benzene rings is 2. The summed E-state index contributed by atoms with van der Waals surface area (Å²) < 4.78 is 28.7. The molecule has 0 heterocycles. The third-order valence-corrected chi connectivity index (χ3v) is 3.57. The van der Waals surface area contributed by atoms with Gasteiger partial charge >= 0.3 is 5.97 Å². The maximum atomic E-state index is 13.6. The van der Waals surface area contributed by atoms with Crippen molar-refractivity contribution in [3.63, 3.8) is 0 Å². The van der Waals surface area contributed by atoms with Gasteiger partial charge in [0.05, 0.1) is 24.8 Å². The second kappa shape index (κ2) is 9.83. The second-order valence-corrected chi connectivity index (χ2v) is 5.56. The predicted molar refractivity (Wildman–Crippen MR) is 101 cm³/mol. The van der Waals surface area contributed by atoms with Crippen LogP contribution in [0.15, 0.2) is 42.5 Å². The Morgan fingerprint density at radius 1 is 1.14 bits per heavy atom. The van der Waals surface area contributed by atoms with Gasteiger partial charge in [0.25, 0.3) is 11.6 Å². The summed E-state index contributed by atoms with van der Waals surface area (Å²) in [5.74, 6) is -1.48. The lowest BCUT2D eigenvalue weighted by molar-refractivity contribution is -0.384. The Bertz CT molecular complexity index is 937. The van der Waals surface area contributed by atoms with E-state index in [4.69, 9.17) is 14.2 Å². The molecule has 10 heteroatoms. The number of anilines is 1. The van der Waals surface area contributed by atoms with Gasteiger partial charge in [0.2, 0.25) is 0 Å². The first kappa shape index (κ1) is 21.4. The van der Waals surface area contributed by atoms with Gasteiger partial charge in [-0.15, -0.1) is 0 Å². The number of carbonyl (C=O) groups is 2. The van der Waals surface area contributed by atoms with Crippen molar-refractivity contribution in [1.29, 1.82) is 0 Å². The van der Waals surface area contributed by atoms with Crippen LogP contribution < -0.4 is 14.8 Å². The van der Waals surface area contributed by atoms with E-state index in [9.17, 15) is 24.1 Å². The molecule has 0 aliphatic carbocycles. The van der Waals surface area contributed by atoms with E-state index < -0.39 is 34.9 Å². The van der Waals surface area contributed by atoms with Crippen molar-refractivity contribution in [3.05, 3.63) is 64.0 Å². The fourth-order valence-electron chi connectivity index (χ4n) is 2.18. The number of carbonyl (C=O) groups excluding carboxylic acids is 2. The van der Waals surface area contributed by atoms with E-state index in [2.05, 4.69) is 5.32 Å². The minimum absolute atomic E-state index is 0.390. The fraction of sp³-hybridized carbons (Fsp3) is 0.158. The number of rotatable bonds is 8. The number of nitrogens with one attached hydrogen (secondary N) is 1. The van der Waals surface area contributed by atoms with Crippen LogP contribution in [0, 0.1) is 15.9 Å². The quantitative estimate of drug-likeness (QED) is 0.311. The second-order valence-electron chi connectivity index (χ2n) is 5.56. The first-order valence-electron chi connectivity index (χ1n) is 8.14. The Morgan fingerprint density at radius 3 is 2.38 bits per heavy atom. The Morgan fingerprint density at radius 2 is 1.79 bits per heavy atom. The number of non-ortho nitro benzene ring substituents is 1. The summed E-state index contributed by atoms with van der Waals surface area (Å²) in [4.78, 5) is 33.6. The van der Waals surface area contributed by atoms with Crippen molar-refractivity contribution in [1.82, 2.24) is 0 Å². The summed E-state index contributed by atoms with van der Waals surface area (Å²) in [5.41, 5.74) is -0.184. The van der Waals surface area contributed by atoms with E-state index in [0.717, 1.165) is 24.3 Å². The average Bonchev–Trinajstić information content (AvgIpc) is 2.71. The maximum Gasteiger partial charge on any atom is 0.331 e. The number of nitrogens with zero attached hydrogens (tertiary/aromatic N) is 1. The van der Waals surface area contributed by atoms with E-state index in [-0.39, 0.29) is 5.69 Å². The van der Waals surface area contributed by atoms with E-state index >= 15 is 0 Å². The Hall–Kier alpha value is -3.95. The third kappa shape index (κ3) is 6.31. The molecule has 152 valence electrons. The summed E-state index contributed by atoms with van der Waals surface area (Å²) in [6.45, 7) is -0.702. The molecule has 0 unspecified atom stereocenters. The topological polar surface area (TPSA) is 117 Å². The van der Waals surface area contributed by atoms with Crippen LogP contribution in [0.5, 0.6) is 11.5 Å². The number of halogens is 1. The number of esters is 1. The molecule has 1 amide bonds. The molecule has 2 rings (SSSR count). The molecule has 0 saturated heterocycles. The molecule has 1 N–H and O–H groups in total. The highest BCUT2D eigenvalue weighted by atomic mass is 19.1. The highest BCUT2D eigenvalue weighted by Crippen LogP contribution is 2.23. The highest BCUT2D eigenvalue weighted by Gasteiger charge is 2.14. The van der Waals surface area contributed by atoms with E-state index in [1.165, 1.54) is 20.3 Å². The summed E-state index contributed by atoms with van der Waals surface area (Å²) in [7, 11) is 2.97. The van der Waals surface area contributed by atoms with E-state index in [1.807, 2.05) is 0 Å². The SMILES string of the molecule is COc1cc(/C=C/C(=O)OCC(=O)Nc2cc([N+](=O)[O-])ccc2F)cc(OC)c1. The van der Waals surface area contributed by atoms with E-state index in [0.29, 0.717) is 17.1 Å². The van der Waals surface area contributed by atoms with Crippen molar-refractivity contribution in [2.24, 2.45) is 0 Å². The fourth-order valence-corrected chi connectivity index (χ4v) is 2.18. The van der Waals surface area contributed by atoms with Crippen molar-refractivity contribution in [2.45, 2.75) is 0 Å². The molecule has 0 spiro atoms. The first-order valence-corrected chi connectivity index (χ1v) is 8.14. The number of amides is 1. The number of nitro benzene ring substituents is 1. The molecule has 2 aromatic rings. The normalized spacial score (nSPS) is 10.4. The molecular weight excluding hydrogens is 387 g/mol. The molecule has 0 aliphatic heterocycles. The molecule has 29 heavy (non-hydrogen) atoms. The lowest BCUT2D eigenvalue weighted by atomic mass is 10.2. The standard InChI is InChI=1S/C19H17FN2O7/c1-27-14-7-12(8-15(10-14)28-2)3-6-19(24)29-11-18(23)21-17-9-13(22(25)26)4-5-16(17)20/h3-10H,11H2,1-2H3,(H,21,23)/b6-3+. The highest BCUT2D eigenvalue weighted by molar-refractivity contribution is 5.95. The van der Waals surface area contributed by atoms with Crippen molar-refractivity contribution >= 4 is 29.3 Å². The zero-order valence-corrected chi connectivity index (χ0v) is 15.5. The number of methoxy groups -OCH3 is 2. The Balaban J connectivity index is 1.94. The molecule has 0 radical (unpaired) electrons. The lowest BCUT2D eigenvalue weighted by Gasteiger charge is -2.07. The monoisotopic (exact) mass is 404 g/mol. The minimum atomic E-state index is -0.859. The van der Waals surface area contributed by atoms with Gasteiger partial charge in [0.1, 0.15) is 17.3 Å². The summed E-state index contributed by atoms with van der Waals surface area (Å²) in [5, 5.41) is 12.8. The number of ether oxygens (including phenoxy) is 3. The van der Waals surface area contributed by atoms with Crippen LogP contribution in [0.2, 0.25) is 0 Å². The summed E-state index contributed by atoms with van der Waals surface area (Å²) in [6, 6.07) is 7.65. The Kier molecular flexibility index (Phi) is 7.24. The van der Waals surface area contributed by atoms with Crippen LogP contribution >= 0.6 is 0 Å². The van der Waals surface area contributed by atoms with Crippen LogP contribution in [0.4, 0.5) is 15.8 Å². The third-order valence-electron chi connectivity index (χ3n) is 3.57. The van der Waals surface area contributed by atoms with Gasteiger partial charge in [-0.25, -0.2) is 9.18 Å². The number of nitro groups is 1. The maximum absolute atomic E-state index is 13.6. The summed E-state index contributed by atoms with van der Waals surface area (Å²) in [6.07, 6.45) is 2.53. The minimum Gasteiger partial charge on any atom is -0.497 e. The van der Waals surface area contributed by atoms with Crippen LogP contribution in [0.1, 0.15) is 5.56 Å². The Labute approximate surface area is 164 Å². The van der Waals surface area contributed by atoms with Gasteiger partial charge in [-0.3, -0.25) is 14.9 Å². The molecule has 0 aliphatic rings. The average molecular weight is 404 g/mol. The molecule has 0 bridgehead atoms. The van der Waals surface area contributed by atoms with Gasteiger partial charge in [-0.1, -0.05) is 0 Å². The van der Waals surface area contributed by atoms with Crippen molar-refractivity contribution in [3.8, 4) is 11.5 Å². The van der Waals surface area contributed by atoms with Gasteiger partial charge in [-0.05, 0) is 29.8 Å². The van der Waals surface area contributed by atoms with Gasteiger partial charge in [-0.2, -0.15) is 0 Å². The van der Waals surface area contributed by atoms with Crippen LogP contribution in [0.3, 0.4) is 0 Å². The van der Waals surface area contributed by atoms with Gasteiger partial charge < -0.3 is 19.5 Å². The van der Waals surface area contributed by atoms with Gasteiger partial charge in [0.15, 0.2) is 6.61 Å². The number of hydrogen-bond acceptors (Lipinski definition) is 7. The zero-order chi connectivity index (χ0) is 21.4. The molecule has 0 atom stereocenters. The van der Waals surface area contributed by atoms with E-state index in [1.54, 1.807) is 18.2 Å². The molecule has 0 aromatic heterocycles. The summed E-state index contributed by atoms with van der Waals surface area (Å²) >= 11 is 0. The van der Waals surface area contributed by atoms with Crippen molar-refractivity contribution < 1.29 is 33.1 Å². The zero-order valence-electron chi connectivity index (χ0n) is 15.5. The largest absolute Gasteiger partial charge is 0.497 e. The van der Waals surface area contributed by atoms with Crippen molar-refractivity contribution in [2.75, 3.05) is 26.1 Å². The predicted octanol–water partition coefficient (Wildman–Crippen LogP) is 2.95. The van der Waals surface area contributed by atoms with Gasteiger partial charge in [0, 0.05) is 24.3 Å². The molecule has 0 saturated carbocycles. The smallest absolute Gasteiger partial charge is 0.331 e. The number of hydrogen-bond donors (Lipinski definition) is 1. The molecule has 0 fully saturated rings. The van der Waals surface area contributed by atoms with Crippen LogP contribution in [-0.2, 0) is 14.3 Å². The van der Waals surface area contributed by atoms with Crippen LogP contribution in [0.25, 0.3) is 6.08 Å². The molecule has 2 aromatic carbocycles. The first-order chi connectivity index (χ1) is 13.8. The molecular formula is C19H17FN2O7. The lowest BCUT2D eigenvalue weighted by Crippen LogP contribution is -2.20. The van der Waals surface area contributed by atoms with Crippen LogP contribution in [-0.4, -0.2) is 37.6 Å². The molecule has 9 nitrogen and oxygen atoms in total.